The summed E-state index contributed by atoms with van der Waals surface area (Å²) in [5, 5.41) is 9.92. The van der Waals surface area contributed by atoms with Crippen molar-refractivity contribution in [3.63, 3.8) is 0 Å². The van der Waals surface area contributed by atoms with E-state index in [1.165, 1.54) is 22.7 Å². The number of halogens is 2. The lowest BCUT2D eigenvalue weighted by atomic mass is 10.2. The fourth-order valence-corrected chi connectivity index (χ4v) is 3.30. The predicted octanol–water partition coefficient (Wildman–Crippen LogP) is 4.20. The van der Waals surface area contributed by atoms with E-state index in [2.05, 4.69) is 0 Å². The lowest BCUT2D eigenvalue weighted by Gasteiger charge is -2.04. The van der Waals surface area contributed by atoms with Crippen LogP contribution in [0.25, 0.3) is 0 Å². The number of hydrogen-bond acceptors (Lipinski definition) is 3. The normalized spacial score (nSPS) is 11.1. The number of hydrogen-bond donors (Lipinski definition) is 1. The molecule has 2 aromatic heterocycles. The minimum atomic E-state index is -0.606. The average molecular weight is 265 g/mol. The quantitative estimate of drug-likeness (QED) is 0.862. The molecule has 14 heavy (non-hydrogen) atoms. The van der Waals surface area contributed by atoms with Crippen LogP contribution in [0.2, 0.25) is 8.67 Å². The van der Waals surface area contributed by atoms with Crippen molar-refractivity contribution in [1.82, 2.24) is 0 Å². The molecule has 0 saturated carbocycles. The van der Waals surface area contributed by atoms with E-state index in [9.17, 15) is 5.11 Å². The molecular formula is C9H6Cl2OS2. The zero-order valence-corrected chi connectivity index (χ0v) is 10.1. The van der Waals surface area contributed by atoms with Gasteiger partial charge in [0.2, 0.25) is 0 Å². The first-order valence-corrected chi connectivity index (χ1v) is 6.24. The van der Waals surface area contributed by atoms with Gasteiger partial charge < -0.3 is 5.11 Å². The molecule has 1 nitrogen and oxygen atoms in total. The summed E-state index contributed by atoms with van der Waals surface area (Å²) >= 11 is 14.3. The molecule has 2 rings (SSSR count). The fraction of sp³-hybridized carbons (Fsp3) is 0.111. The van der Waals surface area contributed by atoms with Crippen LogP contribution in [0.5, 0.6) is 0 Å². The number of thiophene rings is 2. The van der Waals surface area contributed by atoms with E-state index in [1.807, 2.05) is 12.1 Å². The summed E-state index contributed by atoms with van der Waals surface area (Å²) < 4.78 is 1.36. The van der Waals surface area contributed by atoms with Crippen LogP contribution >= 0.6 is 45.9 Å². The molecule has 74 valence electrons. The van der Waals surface area contributed by atoms with Crippen LogP contribution in [-0.2, 0) is 0 Å². The molecule has 2 aromatic rings. The summed E-state index contributed by atoms with van der Waals surface area (Å²) in [6, 6.07) is 7.20. The highest BCUT2D eigenvalue weighted by molar-refractivity contribution is 7.17. The summed E-state index contributed by atoms with van der Waals surface area (Å²) in [6.45, 7) is 0. The Hall–Kier alpha value is -0.0600. The lowest BCUT2D eigenvalue weighted by molar-refractivity contribution is 0.228. The van der Waals surface area contributed by atoms with E-state index in [1.54, 1.807) is 12.1 Å². The third-order valence-corrected chi connectivity index (χ3v) is 4.29. The van der Waals surface area contributed by atoms with Gasteiger partial charge in [0, 0.05) is 9.75 Å². The standard InChI is InChI=1S/C9H6Cl2OS2/c10-7-3-1-5(13-7)9(12)6-2-4-8(11)14-6/h1-4,9,12H. The Labute approximate surface area is 99.5 Å². The van der Waals surface area contributed by atoms with E-state index >= 15 is 0 Å². The van der Waals surface area contributed by atoms with Crippen LogP contribution in [0.15, 0.2) is 24.3 Å². The first-order chi connectivity index (χ1) is 6.66. The maximum Gasteiger partial charge on any atom is 0.122 e. The van der Waals surface area contributed by atoms with Gasteiger partial charge in [-0.3, -0.25) is 0 Å². The second-order valence-electron chi connectivity index (χ2n) is 2.69. The van der Waals surface area contributed by atoms with Crippen molar-refractivity contribution in [3.8, 4) is 0 Å². The zero-order valence-electron chi connectivity index (χ0n) is 6.91. The minimum Gasteiger partial charge on any atom is -0.382 e. The Kier molecular flexibility index (Phi) is 3.14. The van der Waals surface area contributed by atoms with E-state index in [-0.39, 0.29) is 0 Å². The Bertz CT molecular complexity index is 395. The SMILES string of the molecule is OC(c1ccc(Cl)s1)c1ccc(Cl)s1. The molecule has 0 unspecified atom stereocenters. The van der Waals surface area contributed by atoms with Gasteiger partial charge >= 0.3 is 0 Å². The molecule has 1 N–H and O–H groups in total. The van der Waals surface area contributed by atoms with Crippen molar-refractivity contribution in [2.45, 2.75) is 6.10 Å². The zero-order chi connectivity index (χ0) is 10.1. The Morgan fingerprint density at radius 2 is 1.36 bits per heavy atom. The first-order valence-electron chi connectivity index (χ1n) is 3.85. The predicted molar refractivity (Wildman–Crippen MR) is 62.7 cm³/mol. The van der Waals surface area contributed by atoms with Gasteiger partial charge in [0.05, 0.1) is 8.67 Å². The van der Waals surface area contributed by atoms with Crippen LogP contribution in [0.4, 0.5) is 0 Å². The van der Waals surface area contributed by atoms with Crippen LogP contribution in [-0.4, -0.2) is 5.11 Å². The molecule has 5 heteroatoms. The molecule has 0 amide bonds. The average Bonchev–Trinajstić information content (AvgIpc) is 2.73. The first kappa shape index (κ1) is 10.5. The highest BCUT2D eigenvalue weighted by Gasteiger charge is 2.14. The van der Waals surface area contributed by atoms with E-state index in [0.29, 0.717) is 8.67 Å². The topological polar surface area (TPSA) is 20.2 Å². The minimum absolute atomic E-state index is 0.606. The van der Waals surface area contributed by atoms with Gasteiger partial charge in [-0.05, 0) is 24.3 Å². The summed E-state index contributed by atoms with van der Waals surface area (Å²) in [5.74, 6) is 0. The van der Waals surface area contributed by atoms with Crippen molar-refractivity contribution < 1.29 is 5.11 Å². The highest BCUT2D eigenvalue weighted by Crippen LogP contribution is 2.35. The second-order valence-corrected chi connectivity index (χ2v) is 6.18. The van der Waals surface area contributed by atoms with E-state index in [0.717, 1.165) is 9.75 Å². The molecule has 0 saturated heterocycles. The van der Waals surface area contributed by atoms with Crippen LogP contribution < -0.4 is 0 Å². The largest absolute Gasteiger partial charge is 0.382 e. The van der Waals surface area contributed by atoms with Crippen LogP contribution in [0.1, 0.15) is 15.9 Å². The van der Waals surface area contributed by atoms with Crippen molar-refractivity contribution in [1.29, 1.82) is 0 Å². The molecule has 0 aromatic carbocycles. The van der Waals surface area contributed by atoms with Crippen molar-refractivity contribution in [2.75, 3.05) is 0 Å². The smallest absolute Gasteiger partial charge is 0.122 e. The monoisotopic (exact) mass is 264 g/mol. The third-order valence-electron chi connectivity index (χ3n) is 1.73. The molecule has 0 spiro atoms. The van der Waals surface area contributed by atoms with Crippen molar-refractivity contribution in [3.05, 3.63) is 42.7 Å². The molecule has 0 atom stereocenters. The van der Waals surface area contributed by atoms with Crippen LogP contribution in [0, 0.1) is 0 Å². The molecule has 0 aliphatic heterocycles. The molecule has 2 heterocycles. The van der Waals surface area contributed by atoms with Gasteiger partial charge in [0.25, 0.3) is 0 Å². The van der Waals surface area contributed by atoms with Crippen LogP contribution in [0.3, 0.4) is 0 Å². The number of aliphatic hydroxyl groups is 1. The highest BCUT2D eigenvalue weighted by atomic mass is 35.5. The molecule has 0 aliphatic carbocycles. The molecule has 0 bridgehead atoms. The van der Waals surface area contributed by atoms with Crippen molar-refractivity contribution >= 4 is 45.9 Å². The summed E-state index contributed by atoms with van der Waals surface area (Å²) in [4.78, 5) is 1.68. The Morgan fingerprint density at radius 3 is 1.64 bits per heavy atom. The lowest BCUT2D eigenvalue weighted by Crippen LogP contribution is -1.92. The molecular weight excluding hydrogens is 259 g/mol. The van der Waals surface area contributed by atoms with Gasteiger partial charge in [-0.1, -0.05) is 23.2 Å². The van der Waals surface area contributed by atoms with E-state index < -0.39 is 6.10 Å². The van der Waals surface area contributed by atoms with Crippen molar-refractivity contribution in [2.24, 2.45) is 0 Å². The number of aliphatic hydroxyl groups excluding tert-OH is 1. The van der Waals surface area contributed by atoms with E-state index in [4.69, 9.17) is 23.2 Å². The van der Waals surface area contributed by atoms with Gasteiger partial charge in [0.1, 0.15) is 6.10 Å². The number of rotatable bonds is 2. The summed E-state index contributed by atoms with van der Waals surface area (Å²) in [5.41, 5.74) is 0. The molecule has 0 radical (unpaired) electrons. The summed E-state index contributed by atoms with van der Waals surface area (Å²) in [6.07, 6.45) is -0.606. The van der Waals surface area contributed by atoms with Gasteiger partial charge in [-0.2, -0.15) is 0 Å². The maximum absolute atomic E-state index is 9.92. The maximum atomic E-state index is 9.92. The third kappa shape index (κ3) is 2.12. The van der Waals surface area contributed by atoms with Gasteiger partial charge in [-0.25, -0.2) is 0 Å². The molecule has 0 fully saturated rings. The fourth-order valence-electron chi connectivity index (χ4n) is 1.09. The molecule has 0 aliphatic rings. The second kappa shape index (κ2) is 4.21. The Morgan fingerprint density at radius 1 is 0.929 bits per heavy atom. The summed E-state index contributed by atoms with van der Waals surface area (Å²) in [7, 11) is 0. The van der Waals surface area contributed by atoms with Gasteiger partial charge in [0.15, 0.2) is 0 Å². The Balaban J connectivity index is 2.28. The van der Waals surface area contributed by atoms with Gasteiger partial charge in [-0.15, -0.1) is 22.7 Å².